The monoisotopic (exact) mass is 374 g/mol. The average molecular weight is 374 g/mol. The molecule has 7 heteroatoms. The first-order chi connectivity index (χ1) is 12.9. The van der Waals surface area contributed by atoms with Crippen LogP contribution in [0.2, 0.25) is 0 Å². The lowest BCUT2D eigenvalue weighted by Crippen LogP contribution is -2.36. The fourth-order valence-corrected chi connectivity index (χ4v) is 2.95. The molecular formula is C20H26N2O5. The quantitative estimate of drug-likeness (QED) is 0.385. The molecule has 1 aromatic rings. The van der Waals surface area contributed by atoms with E-state index in [0.29, 0.717) is 11.1 Å². The lowest BCUT2D eigenvalue weighted by molar-refractivity contribution is -0.148. The van der Waals surface area contributed by atoms with Gasteiger partial charge in [0, 0.05) is 12.6 Å². The van der Waals surface area contributed by atoms with Gasteiger partial charge in [0.2, 0.25) is 0 Å². The SMILES string of the molecule is CCCCC[C@H](C)NC(=O)COC(=O)CCN1C(=O)c2ccccc2C1=O. The second-order valence-corrected chi connectivity index (χ2v) is 6.68. The number of rotatable bonds is 10. The standard InChI is InChI=1S/C20H26N2O5/c1-3-4-5-8-14(2)21-17(23)13-27-18(24)11-12-22-19(25)15-9-6-7-10-16(15)20(22)26/h6-7,9-10,14H,3-5,8,11-13H2,1-2H3,(H,21,23)/t14-/m0/s1. The molecule has 1 aliphatic heterocycles. The molecule has 1 heterocycles. The minimum absolute atomic E-state index is 0.0288. The van der Waals surface area contributed by atoms with Crippen LogP contribution in [0.25, 0.3) is 0 Å². The van der Waals surface area contributed by atoms with Crippen molar-refractivity contribution in [2.24, 2.45) is 0 Å². The molecule has 1 N–H and O–H groups in total. The third-order valence-electron chi connectivity index (χ3n) is 4.43. The van der Waals surface area contributed by atoms with Crippen molar-refractivity contribution in [3.63, 3.8) is 0 Å². The highest BCUT2D eigenvalue weighted by Crippen LogP contribution is 2.22. The fourth-order valence-electron chi connectivity index (χ4n) is 2.95. The summed E-state index contributed by atoms with van der Waals surface area (Å²) in [4.78, 5) is 49.1. The summed E-state index contributed by atoms with van der Waals surface area (Å²) in [5.74, 6) is -1.81. The minimum atomic E-state index is -0.625. The number of hydrogen-bond donors (Lipinski definition) is 1. The van der Waals surface area contributed by atoms with Crippen LogP contribution >= 0.6 is 0 Å². The topological polar surface area (TPSA) is 92.8 Å². The largest absolute Gasteiger partial charge is 0.456 e. The molecule has 27 heavy (non-hydrogen) atoms. The van der Waals surface area contributed by atoms with E-state index in [1.807, 2.05) is 6.92 Å². The Morgan fingerprint density at radius 1 is 1.11 bits per heavy atom. The van der Waals surface area contributed by atoms with Gasteiger partial charge in [-0.2, -0.15) is 0 Å². The van der Waals surface area contributed by atoms with E-state index in [2.05, 4.69) is 12.2 Å². The Morgan fingerprint density at radius 2 is 1.74 bits per heavy atom. The fraction of sp³-hybridized carbons (Fsp3) is 0.500. The molecule has 0 fully saturated rings. The highest BCUT2D eigenvalue weighted by Gasteiger charge is 2.35. The number of nitrogens with zero attached hydrogens (tertiary/aromatic N) is 1. The predicted molar refractivity (Wildman–Crippen MR) is 99.1 cm³/mol. The van der Waals surface area contributed by atoms with Crippen molar-refractivity contribution in [3.8, 4) is 0 Å². The first kappa shape index (κ1) is 20.6. The Balaban J connectivity index is 1.70. The van der Waals surface area contributed by atoms with Crippen LogP contribution in [-0.4, -0.2) is 47.8 Å². The van der Waals surface area contributed by atoms with Crippen molar-refractivity contribution in [1.29, 1.82) is 0 Å². The van der Waals surface area contributed by atoms with Crippen molar-refractivity contribution in [2.45, 2.75) is 52.0 Å². The van der Waals surface area contributed by atoms with E-state index in [9.17, 15) is 19.2 Å². The number of benzene rings is 1. The smallest absolute Gasteiger partial charge is 0.308 e. The van der Waals surface area contributed by atoms with Gasteiger partial charge in [-0.1, -0.05) is 38.3 Å². The van der Waals surface area contributed by atoms with E-state index in [1.165, 1.54) is 0 Å². The molecule has 3 amide bonds. The number of hydrogen-bond acceptors (Lipinski definition) is 5. The van der Waals surface area contributed by atoms with Gasteiger partial charge in [0.1, 0.15) is 0 Å². The van der Waals surface area contributed by atoms with Gasteiger partial charge in [0.25, 0.3) is 17.7 Å². The van der Waals surface area contributed by atoms with E-state index >= 15 is 0 Å². The number of amides is 3. The van der Waals surface area contributed by atoms with Gasteiger partial charge < -0.3 is 10.1 Å². The molecule has 0 aromatic heterocycles. The lowest BCUT2D eigenvalue weighted by atomic mass is 10.1. The third-order valence-corrected chi connectivity index (χ3v) is 4.43. The molecule has 0 saturated heterocycles. The maximum Gasteiger partial charge on any atom is 0.308 e. The summed E-state index contributed by atoms with van der Waals surface area (Å²) in [7, 11) is 0. The summed E-state index contributed by atoms with van der Waals surface area (Å²) in [6.45, 7) is 3.60. The molecule has 0 aliphatic carbocycles. The van der Waals surface area contributed by atoms with Gasteiger partial charge in [-0.15, -0.1) is 0 Å². The third kappa shape index (κ3) is 5.64. The molecule has 1 aromatic carbocycles. The Bertz CT molecular complexity index is 681. The number of esters is 1. The molecule has 146 valence electrons. The molecule has 7 nitrogen and oxygen atoms in total. The zero-order valence-corrected chi connectivity index (χ0v) is 15.8. The highest BCUT2D eigenvalue weighted by molar-refractivity contribution is 6.21. The van der Waals surface area contributed by atoms with Crippen LogP contribution in [0.5, 0.6) is 0 Å². The van der Waals surface area contributed by atoms with Crippen LogP contribution in [0, 0.1) is 0 Å². The normalized spacial score (nSPS) is 14.1. The Morgan fingerprint density at radius 3 is 2.33 bits per heavy atom. The Kier molecular flexibility index (Phi) is 7.52. The number of ether oxygens (including phenoxy) is 1. The summed E-state index contributed by atoms with van der Waals surface area (Å²) in [5.41, 5.74) is 0.680. The van der Waals surface area contributed by atoms with Crippen LogP contribution in [0.4, 0.5) is 0 Å². The second-order valence-electron chi connectivity index (χ2n) is 6.68. The van der Waals surface area contributed by atoms with E-state index in [-0.39, 0.29) is 31.5 Å². The molecule has 0 saturated carbocycles. The van der Waals surface area contributed by atoms with Crippen molar-refractivity contribution >= 4 is 23.7 Å². The molecule has 0 unspecified atom stereocenters. The van der Waals surface area contributed by atoms with E-state index in [0.717, 1.165) is 30.6 Å². The maximum atomic E-state index is 12.2. The number of carbonyl (C=O) groups is 4. The second kappa shape index (κ2) is 9.85. The van der Waals surface area contributed by atoms with Crippen LogP contribution in [0.3, 0.4) is 0 Å². The zero-order valence-electron chi connectivity index (χ0n) is 15.8. The first-order valence-electron chi connectivity index (χ1n) is 9.34. The predicted octanol–water partition coefficient (Wildman–Crippen LogP) is 2.30. The summed E-state index contributed by atoms with van der Waals surface area (Å²) >= 11 is 0. The summed E-state index contributed by atoms with van der Waals surface area (Å²) in [6.07, 6.45) is 4.01. The highest BCUT2D eigenvalue weighted by atomic mass is 16.5. The first-order valence-corrected chi connectivity index (χ1v) is 9.34. The molecular weight excluding hydrogens is 348 g/mol. The van der Waals surface area contributed by atoms with Gasteiger partial charge in [0.05, 0.1) is 17.5 Å². The molecule has 0 spiro atoms. The summed E-state index contributed by atoms with van der Waals surface area (Å²) in [6, 6.07) is 6.56. The van der Waals surface area contributed by atoms with E-state index < -0.39 is 17.8 Å². The van der Waals surface area contributed by atoms with Gasteiger partial charge in [-0.3, -0.25) is 24.1 Å². The van der Waals surface area contributed by atoms with Gasteiger partial charge in [0.15, 0.2) is 6.61 Å². The molecule has 0 bridgehead atoms. The van der Waals surface area contributed by atoms with Gasteiger partial charge in [-0.25, -0.2) is 0 Å². The number of carbonyl (C=O) groups excluding carboxylic acids is 4. The van der Waals surface area contributed by atoms with Crippen LogP contribution in [-0.2, 0) is 14.3 Å². The molecule has 1 atom stereocenters. The van der Waals surface area contributed by atoms with Crippen molar-refractivity contribution in [1.82, 2.24) is 10.2 Å². The zero-order chi connectivity index (χ0) is 19.8. The average Bonchev–Trinajstić information content (AvgIpc) is 2.89. The van der Waals surface area contributed by atoms with Crippen LogP contribution < -0.4 is 5.32 Å². The molecule has 0 radical (unpaired) electrons. The summed E-state index contributed by atoms with van der Waals surface area (Å²) < 4.78 is 4.94. The van der Waals surface area contributed by atoms with Crippen LogP contribution in [0.15, 0.2) is 24.3 Å². The van der Waals surface area contributed by atoms with Crippen molar-refractivity contribution in [3.05, 3.63) is 35.4 Å². The maximum absolute atomic E-state index is 12.2. The Labute approximate surface area is 159 Å². The molecule has 1 aliphatic rings. The number of fused-ring (bicyclic) bond motifs is 1. The number of imide groups is 1. The Hall–Kier alpha value is -2.70. The van der Waals surface area contributed by atoms with Crippen LogP contribution in [0.1, 0.15) is 66.7 Å². The summed E-state index contributed by atoms with van der Waals surface area (Å²) in [5, 5.41) is 2.78. The minimum Gasteiger partial charge on any atom is -0.456 e. The molecule has 2 rings (SSSR count). The van der Waals surface area contributed by atoms with Gasteiger partial charge >= 0.3 is 5.97 Å². The van der Waals surface area contributed by atoms with Gasteiger partial charge in [-0.05, 0) is 25.5 Å². The van der Waals surface area contributed by atoms with Crippen molar-refractivity contribution < 1.29 is 23.9 Å². The van der Waals surface area contributed by atoms with Crippen molar-refractivity contribution in [2.75, 3.05) is 13.2 Å². The van der Waals surface area contributed by atoms with E-state index in [1.54, 1.807) is 24.3 Å². The number of unbranched alkanes of at least 4 members (excludes halogenated alkanes) is 2. The number of nitrogens with one attached hydrogen (secondary N) is 1. The lowest BCUT2D eigenvalue weighted by Gasteiger charge is -2.15. The van der Waals surface area contributed by atoms with E-state index in [4.69, 9.17) is 4.74 Å².